The van der Waals surface area contributed by atoms with Crippen LogP contribution >= 0.6 is 0 Å². The maximum absolute atomic E-state index is 12.7. The van der Waals surface area contributed by atoms with Crippen LogP contribution in [0.2, 0.25) is 0 Å². The van der Waals surface area contributed by atoms with Gasteiger partial charge in [0.25, 0.3) is 0 Å². The van der Waals surface area contributed by atoms with E-state index in [1.54, 1.807) is 24.4 Å². The normalized spacial score (nSPS) is 18.2. The molecular formula is C21H23F3N2O5. The molecule has 0 spiro atoms. The van der Waals surface area contributed by atoms with Crippen LogP contribution in [0, 0.1) is 0 Å². The molecule has 0 aliphatic carbocycles. The van der Waals surface area contributed by atoms with Crippen molar-refractivity contribution in [2.75, 3.05) is 13.7 Å². The molecule has 1 saturated heterocycles. The van der Waals surface area contributed by atoms with Crippen LogP contribution in [-0.2, 0) is 22.4 Å². The van der Waals surface area contributed by atoms with Crippen molar-refractivity contribution in [3.05, 3.63) is 59.9 Å². The number of aliphatic hydroxyl groups excluding tert-OH is 1. The molecule has 7 nitrogen and oxygen atoms in total. The largest absolute Gasteiger partial charge is 0.497 e. The summed E-state index contributed by atoms with van der Waals surface area (Å²) >= 11 is 0. The van der Waals surface area contributed by atoms with Gasteiger partial charge < -0.3 is 19.8 Å². The highest BCUT2D eigenvalue weighted by atomic mass is 19.4. The number of aliphatic carboxylic acids is 1. The third-order valence-electron chi connectivity index (χ3n) is 4.73. The number of methoxy groups -OCH3 is 1. The molecule has 2 atom stereocenters. The van der Waals surface area contributed by atoms with Crippen molar-refractivity contribution >= 4 is 11.9 Å². The van der Waals surface area contributed by atoms with Gasteiger partial charge in [-0.1, -0.05) is 18.2 Å². The molecular weight excluding hydrogens is 417 g/mol. The molecule has 1 amide bonds. The number of carboxylic acids is 1. The number of aliphatic hydroxyl groups is 1. The lowest BCUT2D eigenvalue weighted by molar-refractivity contribution is -0.192. The van der Waals surface area contributed by atoms with Gasteiger partial charge in [0.1, 0.15) is 5.75 Å². The zero-order chi connectivity index (χ0) is 23.0. The summed E-state index contributed by atoms with van der Waals surface area (Å²) in [6, 6.07) is 11.2. The first-order valence-electron chi connectivity index (χ1n) is 9.41. The minimum atomic E-state index is -5.08. The van der Waals surface area contributed by atoms with Gasteiger partial charge in [0.15, 0.2) is 0 Å². The van der Waals surface area contributed by atoms with Crippen LogP contribution in [-0.4, -0.2) is 64.0 Å². The number of nitrogens with zero attached hydrogens (tertiary/aromatic N) is 2. The Labute approximate surface area is 177 Å². The number of rotatable bonds is 5. The predicted molar refractivity (Wildman–Crippen MR) is 104 cm³/mol. The quantitative estimate of drug-likeness (QED) is 0.741. The third-order valence-corrected chi connectivity index (χ3v) is 4.73. The Hall–Kier alpha value is -3.14. The van der Waals surface area contributed by atoms with Crippen molar-refractivity contribution in [2.45, 2.75) is 37.6 Å². The molecule has 3 rings (SSSR count). The average molecular weight is 440 g/mol. The van der Waals surface area contributed by atoms with Crippen LogP contribution < -0.4 is 4.74 Å². The Morgan fingerprint density at radius 3 is 2.48 bits per heavy atom. The Bertz CT molecular complexity index is 877. The lowest BCUT2D eigenvalue weighted by Crippen LogP contribution is -2.41. The number of alkyl halides is 3. The van der Waals surface area contributed by atoms with Crippen LogP contribution in [0.3, 0.4) is 0 Å². The van der Waals surface area contributed by atoms with Crippen molar-refractivity contribution in [1.29, 1.82) is 0 Å². The van der Waals surface area contributed by atoms with Gasteiger partial charge in [-0.3, -0.25) is 9.78 Å². The Morgan fingerprint density at radius 2 is 1.90 bits per heavy atom. The fraction of sp³-hybridized carbons (Fsp3) is 0.381. The second-order valence-corrected chi connectivity index (χ2v) is 6.91. The van der Waals surface area contributed by atoms with Crippen molar-refractivity contribution in [3.63, 3.8) is 0 Å². The molecule has 0 saturated carbocycles. The van der Waals surface area contributed by atoms with Gasteiger partial charge >= 0.3 is 12.1 Å². The van der Waals surface area contributed by atoms with Gasteiger partial charge in [-0.2, -0.15) is 13.2 Å². The Morgan fingerprint density at radius 1 is 1.23 bits per heavy atom. The van der Waals surface area contributed by atoms with Crippen LogP contribution in [0.5, 0.6) is 5.75 Å². The molecule has 1 aliphatic rings. The molecule has 1 aromatic heterocycles. The highest BCUT2D eigenvalue weighted by Gasteiger charge is 2.38. The summed E-state index contributed by atoms with van der Waals surface area (Å²) in [4.78, 5) is 27.5. The SMILES string of the molecule is COc1cccc(CC(=O)N2CC[C@H](O)[C@@H]2Cc2cccnc2)c1.O=C(O)C(F)(F)F. The first kappa shape index (κ1) is 24.1. The first-order chi connectivity index (χ1) is 14.6. The minimum absolute atomic E-state index is 0.0358. The molecule has 2 aromatic rings. The van der Waals surface area contributed by atoms with E-state index in [2.05, 4.69) is 4.98 Å². The zero-order valence-corrected chi connectivity index (χ0v) is 16.7. The predicted octanol–water partition coefficient (Wildman–Crippen LogP) is 2.47. The number of hydrogen-bond donors (Lipinski definition) is 2. The smallest absolute Gasteiger partial charge is 0.490 e. The number of aromatic nitrogens is 1. The Balaban J connectivity index is 0.000000423. The van der Waals surface area contributed by atoms with Crippen LogP contribution in [0.4, 0.5) is 13.2 Å². The molecule has 10 heteroatoms. The molecule has 0 radical (unpaired) electrons. The van der Waals surface area contributed by atoms with Crippen LogP contribution in [0.1, 0.15) is 17.5 Å². The van der Waals surface area contributed by atoms with Gasteiger partial charge in [-0.25, -0.2) is 4.79 Å². The number of halogens is 3. The molecule has 1 aliphatic heterocycles. The van der Waals surface area contributed by atoms with Gasteiger partial charge in [-0.15, -0.1) is 0 Å². The summed E-state index contributed by atoms with van der Waals surface area (Å²) in [5.41, 5.74) is 1.95. The summed E-state index contributed by atoms with van der Waals surface area (Å²) in [6.07, 6.45) is -0.503. The topological polar surface area (TPSA) is 100.0 Å². The summed E-state index contributed by atoms with van der Waals surface area (Å²) in [6.45, 7) is 0.592. The van der Waals surface area contributed by atoms with E-state index in [-0.39, 0.29) is 11.9 Å². The molecule has 31 heavy (non-hydrogen) atoms. The van der Waals surface area contributed by atoms with Crippen LogP contribution in [0.15, 0.2) is 48.8 Å². The second kappa shape index (κ2) is 10.8. The van der Waals surface area contributed by atoms with Gasteiger partial charge in [0.2, 0.25) is 5.91 Å². The molecule has 168 valence electrons. The molecule has 2 heterocycles. The van der Waals surface area contributed by atoms with Crippen molar-refractivity contribution in [1.82, 2.24) is 9.88 Å². The summed E-state index contributed by atoms with van der Waals surface area (Å²) in [7, 11) is 1.61. The van der Waals surface area contributed by atoms with Gasteiger partial charge in [-0.05, 0) is 42.2 Å². The Kier molecular flexibility index (Phi) is 8.38. The number of amides is 1. The van der Waals surface area contributed by atoms with E-state index >= 15 is 0 Å². The fourth-order valence-corrected chi connectivity index (χ4v) is 3.21. The third kappa shape index (κ3) is 7.25. The van der Waals surface area contributed by atoms with E-state index in [0.717, 1.165) is 16.9 Å². The number of benzene rings is 1. The lowest BCUT2D eigenvalue weighted by atomic mass is 10.0. The highest BCUT2D eigenvalue weighted by molar-refractivity contribution is 5.79. The second-order valence-electron chi connectivity index (χ2n) is 6.91. The van der Waals surface area contributed by atoms with Gasteiger partial charge in [0.05, 0.1) is 25.7 Å². The fourth-order valence-electron chi connectivity index (χ4n) is 3.21. The van der Waals surface area contributed by atoms with E-state index in [9.17, 15) is 23.1 Å². The van der Waals surface area contributed by atoms with E-state index in [4.69, 9.17) is 14.6 Å². The summed E-state index contributed by atoms with van der Waals surface area (Å²) in [5, 5.41) is 17.4. The van der Waals surface area contributed by atoms with E-state index in [1.807, 2.05) is 36.4 Å². The molecule has 0 bridgehead atoms. The number of hydrogen-bond acceptors (Lipinski definition) is 5. The lowest BCUT2D eigenvalue weighted by Gasteiger charge is -2.26. The minimum Gasteiger partial charge on any atom is -0.497 e. The van der Waals surface area contributed by atoms with Gasteiger partial charge in [0, 0.05) is 18.9 Å². The number of likely N-dealkylation sites (tertiary alicyclic amines) is 1. The maximum Gasteiger partial charge on any atom is 0.490 e. The monoisotopic (exact) mass is 440 g/mol. The number of carboxylic acid groups (broad SMARTS) is 1. The average Bonchev–Trinajstić information content (AvgIpc) is 3.09. The molecule has 2 N–H and O–H groups in total. The molecule has 0 unspecified atom stereocenters. The number of pyridine rings is 1. The van der Waals surface area contributed by atoms with E-state index < -0.39 is 18.2 Å². The van der Waals surface area contributed by atoms with Crippen LogP contribution in [0.25, 0.3) is 0 Å². The zero-order valence-electron chi connectivity index (χ0n) is 16.7. The summed E-state index contributed by atoms with van der Waals surface area (Å²) < 4.78 is 36.9. The van der Waals surface area contributed by atoms with Crippen molar-refractivity contribution in [3.8, 4) is 5.75 Å². The summed E-state index contributed by atoms with van der Waals surface area (Å²) in [5.74, 6) is -1.98. The first-order valence-corrected chi connectivity index (χ1v) is 9.41. The van der Waals surface area contributed by atoms with Crippen molar-refractivity contribution < 1.29 is 37.7 Å². The number of carbonyl (C=O) groups is 2. The number of ether oxygens (including phenoxy) is 1. The molecule has 1 aromatic carbocycles. The highest BCUT2D eigenvalue weighted by Crippen LogP contribution is 2.23. The number of carbonyl (C=O) groups excluding carboxylic acids is 1. The standard InChI is InChI=1S/C19H22N2O3.C2HF3O2/c1-24-16-6-2-4-14(10-16)12-19(23)21-9-7-18(22)17(21)11-15-5-3-8-20-13-15;3-2(4,5)1(6)7/h2-6,8,10,13,17-18,22H,7,9,11-12H2,1H3;(H,6,7)/t17-,18-;/m0./s1. The van der Waals surface area contributed by atoms with E-state index in [1.165, 1.54) is 0 Å². The van der Waals surface area contributed by atoms with E-state index in [0.29, 0.717) is 25.8 Å². The molecule has 1 fully saturated rings. The maximum atomic E-state index is 12.7. The van der Waals surface area contributed by atoms with Crippen molar-refractivity contribution in [2.24, 2.45) is 0 Å².